The van der Waals surface area contributed by atoms with Gasteiger partial charge in [0, 0.05) is 6.07 Å². The zero-order chi connectivity index (χ0) is 11.4. The van der Waals surface area contributed by atoms with Crippen LogP contribution in [0.1, 0.15) is 6.92 Å². The van der Waals surface area contributed by atoms with Gasteiger partial charge in [-0.1, -0.05) is 11.6 Å². The minimum absolute atomic E-state index is 0.0852. The number of methoxy groups -OCH3 is 1. The van der Waals surface area contributed by atoms with Crippen molar-refractivity contribution < 1.29 is 18.7 Å². The summed E-state index contributed by atoms with van der Waals surface area (Å²) in [6.07, 6.45) is -0.800. The van der Waals surface area contributed by atoms with E-state index in [2.05, 4.69) is 10.8 Å². The lowest BCUT2D eigenvalue weighted by atomic mass is 10.3. The molecule has 0 bridgehead atoms. The molecule has 1 rings (SSSR count). The van der Waals surface area contributed by atoms with Crippen LogP contribution >= 0.6 is 11.6 Å². The molecule has 1 unspecified atom stereocenters. The fourth-order valence-electron chi connectivity index (χ4n) is 0.922. The maximum Gasteiger partial charge on any atom is 0.346 e. The quantitative estimate of drug-likeness (QED) is 0.749. The maximum atomic E-state index is 12.6. The van der Waals surface area contributed by atoms with Gasteiger partial charge in [-0.3, -0.25) is 0 Å². The number of esters is 1. The normalized spacial score (nSPS) is 12.0. The van der Waals surface area contributed by atoms with Gasteiger partial charge < -0.3 is 9.47 Å². The maximum absolute atomic E-state index is 12.6. The van der Waals surface area contributed by atoms with Crippen LogP contribution in [0.4, 0.5) is 4.39 Å². The largest absolute Gasteiger partial charge is 0.477 e. The summed E-state index contributed by atoms with van der Waals surface area (Å²) < 4.78 is 22.2. The zero-order valence-corrected chi connectivity index (χ0v) is 8.97. The Hall–Kier alpha value is -1.29. The minimum atomic E-state index is -0.800. The number of ether oxygens (including phenoxy) is 2. The first-order valence-corrected chi connectivity index (χ1v) is 4.53. The highest BCUT2D eigenvalue weighted by Gasteiger charge is 2.16. The standard InChI is InChI=1S/C10H9ClFO3/c1-6(10(13)14-2)15-9-4-3-7(12)5-8(9)11/h4-6H,1-2H3. The van der Waals surface area contributed by atoms with E-state index in [1.165, 1.54) is 20.1 Å². The van der Waals surface area contributed by atoms with Crippen LogP contribution in [0.2, 0.25) is 5.02 Å². The molecule has 0 aliphatic heterocycles. The van der Waals surface area contributed by atoms with E-state index in [1.54, 1.807) is 0 Å². The molecule has 0 spiro atoms. The monoisotopic (exact) mass is 231 g/mol. The molecular formula is C10H9ClFO3. The summed E-state index contributed by atoms with van der Waals surface area (Å²) in [5.41, 5.74) is 0. The van der Waals surface area contributed by atoms with Crippen LogP contribution in [0.25, 0.3) is 0 Å². The molecule has 0 aliphatic carbocycles. The zero-order valence-electron chi connectivity index (χ0n) is 8.21. The third kappa shape index (κ3) is 3.09. The second-order valence-electron chi connectivity index (χ2n) is 2.78. The number of hydrogen-bond donors (Lipinski definition) is 0. The Kier molecular flexibility index (Phi) is 3.91. The van der Waals surface area contributed by atoms with Gasteiger partial charge in [0.2, 0.25) is 0 Å². The average molecular weight is 232 g/mol. The Bertz CT molecular complexity index is 368. The molecule has 1 aromatic rings. The van der Waals surface area contributed by atoms with Crippen LogP contribution in [-0.4, -0.2) is 19.2 Å². The fraction of sp³-hybridized carbons (Fsp3) is 0.300. The molecule has 1 aromatic carbocycles. The van der Waals surface area contributed by atoms with Crippen molar-refractivity contribution in [1.82, 2.24) is 0 Å². The molecule has 0 fully saturated rings. The van der Waals surface area contributed by atoms with Crippen LogP contribution in [0.3, 0.4) is 0 Å². The van der Waals surface area contributed by atoms with Gasteiger partial charge in [0.25, 0.3) is 0 Å². The van der Waals surface area contributed by atoms with Crippen molar-refractivity contribution >= 4 is 17.6 Å². The van der Waals surface area contributed by atoms with E-state index in [4.69, 9.17) is 16.3 Å². The molecule has 3 nitrogen and oxygen atoms in total. The van der Waals surface area contributed by atoms with Crippen LogP contribution in [0.5, 0.6) is 5.75 Å². The third-order valence-electron chi connectivity index (χ3n) is 1.67. The fourth-order valence-corrected chi connectivity index (χ4v) is 1.12. The van der Waals surface area contributed by atoms with Gasteiger partial charge >= 0.3 is 5.97 Å². The van der Waals surface area contributed by atoms with E-state index in [9.17, 15) is 9.18 Å². The van der Waals surface area contributed by atoms with Crippen molar-refractivity contribution in [2.24, 2.45) is 0 Å². The van der Waals surface area contributed by atoms with Crippen molar-refractivity contribution in [1.29, 1.82) is 0 Å². The highest BCUT2D eigenvalue weighted by Crippen LogP contribution is 2.25. The van der Waals surface area contributed by atoms with Crippen LogP contribution < -0.4 is 4.74 Å². The first kappa shape index (κ1) is 11.8. The minimum Gasteiger partial charge on any atom is -0.477 e. The Labute approximate surface area is 91.7 Å². The highest BCUT2D eigenvalue weighted by atomic mass is 35.5. The average Bonchev–Trinajstić information content (AvgIpc) is 2.20. The van der Waals surface area contributed by atoms with E-state index in [1.807, 2.05) is 0 Å². The van der Waals surface area contributed by atoms with Crippen molar-refractivity contribution in [2.45, 2.75) is 13.0 Å². The number of hydrogen-bond acceptors (Lipinski definition) is 3. The first-order chi connectivity index (χ1) is 7.04. The molecule has 0 aromatic heterocycles. The number of halogens is 2. The summed E-state index contributed by atoms with van der Waals surface area (Å²) in [7, 11) is 1.25. The van der Waals surface area contributed by atoms with E-state index < -0.39 is 17.9 Å². The second kappa shape index (κ2) is 4.98. The molecule has 0 N–H and O–H groups in total. The molecule has 1 atom stereocenters. The van der Waals surface area contributed by atoms with Crippen LogP contribution in [-0.2, 0) is 9.53 Å². The summed E-state index contributed by atoms with van der Waals surface area (Å²) in [6, 6.07) is 4.56. The Morgan fingerprint density at radius 3 is 2.87 bits per heavy atom. The summed E-state index contributed by atoms with van der Waals surface area (Å²) in [5, 5.41) is 0.0852. The third-order valence-corrected chi connectivity index (χ3v) is 1.96. The Morgan fingerprint density at radius 1 is 1.67 bits per heavy atom. The highest BCUT2D eigenvalue weighted by molar-refractivity contribution is 6.32. The van der Waals surface area contributed by atoms with Crippen molar-refractivity contribution in [3.8, 4) is 5.75 Å². The van der Waals surface area contributed by atoms with E-state index in [0.717, 1.165) is 6.07 Å². The lowest BCUT2D eigenvalue weighted by Gasteiger charge is -2.13. The van der Waals surface area contributed by atoms with E-state index in [-0.39, 0.29) is 10.8 Å². The van der Waals surface area contributed by atoms with Gasteiger partial charge in [0.15, 0.2) is 6.10 Å². The molecule has 0 aliphatic rings. The molecule has 0 saturated carbocycles. The predicted molar refractivity (Wildman–Crippen MR) is 52.4 cm³/mol. The number of rotatable bonds is 3. The van der Waals surface area contributed by atoms with Crippen molar-refractivity contribution in [3.63, 3.8) is 0 Å². The number of carbonyl (C=O) groups is 1. The SMILES string of the molecule is COC(=O)C(C)Oc1c[c]c(F)cc1Cl. The predicted octanol–water partition coefficient (Wildman–Crippen LogP) is 2.22. The molecule has 15 heavy (non-hydrogen) atoms. The molecular weight excluding hydrogens is 223 g/mol. The number of carbonyl (C=O) groups excluding carboxylic acids is 1. The van der Waals surface area contributed by atoms with Crippen molar-refractivity contribution in [3.05, 3.63) is 29.0 Å². The van der Waals surface area contributed by atoms with Crippen LogP contribution in [0.15, 0.2) is 12.1 Å². The van der Waals surface area contributed by atoms with Gasteiger partial charge in [-0.15, -0.1) is 0 Å². The van der Waals surface area contributed by atoms with Crippen molar-refractivity contribution in [2.75, 3.05) is 7.11 Å². The molecule has 5 heteroatoms. The molecule has 0 amide bonds. The Balaban J connectivity index is 2.76. The van der Waals surface area contributed by atoms with Gasteiger partial charge in [-0.25, -0.2) is 9.18 Å². The molecule has 0 saturated heterocycles. The summed E-state index contributed by atoms with van der Waals surface area (Å²) in [5.74, 6) is -0.926. The smallest absolute Gasteiger partial charge is 0.346 e. The van der Waals surface area contributed by atoms with E-state index >= 15 is 0 Å². The lowest BCUT2D eigenvalue weighted by molar-refractivity contribution is -0.147. The number of benzene rings is 1. The van der Waals surface area contributed by atoms with Crippen LogP contribution in [0, 0.1) is 11.9 Å². The van der Waals surface area contributed by atoms with E-state index in [0.29, 0.717) is 0 Å². The van der Waals surface area contributed by atoms with Gasteiger partial charge in [0.05, 0.1) is 12.1 Å². The topological polar surface area (TPSA) is 35.5 Å². The van der Waals surface area contributed by atoms with Gasteiger partial charge in [-0.05, 0) is 19.1 Å². The first-order valence-electron chi connectivity index (χ1n) is 4.16. The second-order valence-corrected chi connectivity index (χ2v) is 3.18. The molecule has 0 heterocycles. The summed E-state index contributed by atoms with van der Waals surface area (Å²) in [4.78, 5) is 11.0. The summed E-state index contributed by atoms with van der Waals surface area (Å²) in [6.45, 7) is 1.51. The summed E-state index contributed by atoms with van der Waals surface area (Å²) >= 11 is 5.68. The molecule has 1 radical (unpaired) electrons. The lowest BCUT2D eigenvalue weighted by Crippen LogP contribution is -2.25. The van der Waals surface area contributed by atoms with Gasteiger partial charge in [-0.2, -0.15) is 0 Å². The molecule has 81 valence electrons. The van der Waals surface area contributed by atoms with Gasteiger partial charge in [0.1, 0.15) is 11.6 Å². The Morgan fingerprint density at radius 2 is 2.33 bits per heavy atom.